The fourth-order valence-electron chi connectivity index (χ4n) is 3.52. The topological polar surface area (TPSA) is 69.5 Å². The second-order valence-electron chi connectivity index (χ2n) is 7.37. The molecule has 0 unspecified atom stereocenters. The molecule has 0 saturated heterocycles. The fourth-order valence-corrected chi connectivity index (χ4v) is 4.54. The lowest BCUT2D eigenvalue weighted by molar-refractivity contribution is 0.0985. The number of halogens is 2. The summed E-state index contributed by atoms with van der Waals surface area (Å²) in [5.41, 5.74) is 0.413. The van der Waals surface area contributed by atoms with Crippen molar-refractivity contribution in [2.75, 3.05) is 24.7 Å². The summed E-state index contributed by atoms with van der Waals surface area (Å²) < 4.78 is 41.5. The predicted octanol–water partition coefficient (Wildman–Crippen LogP) is 5.31. The molecule has 0 spiro atoms. The minimum atomic E-state index is -0.761. The molecule has 0 N–H and O–H groups in total. The molecule has 178 valence electrons. The molecule has 2 aromatic heterocycles. The van der Waals surface area contributed by atoms with Gasteiger partial charge in [0.25, 0.3) is 5.91 Å². The summed E-state index contributed by atoms with van der Waals surface area (Å²) in [6, 6.07) is 6.99. The van der Waals surface area contributed by atoms with Crippen molar-refractivity contribution < 1.29 is 23.0 Å². The number of carbonyl (C=O) groups is 1. The minimum absolute atomic E-state index is 0.0375. The zero-order valence-electron chi connectivity index (χ0n) is 18.8. The van der Waals surface area contributed by atoms with E-state index in [-0.39, 0.29) is 11.4 Å². The lowest BCUT2D eigenvalue weighted by atomic mass is 10.1. The maximum absolute atomic E-state index is 14.3. The highest BCUT2D eigenvalue weighted by molar-refractivity contribution is 7.22. The van der Waals surface area contributed by atoms with Gasteiger partial charge in [0.2, 0.25) is 0 Å². The lowest BCUT2D eigenvalue weighted by Crippen LogP contribution is -2.32. The maximum Gasteiger partial charge on any atom is 0.260 e. The first-order chi connectivity index (χ1) is 16.5. The molecule has 2 heterocycles. The quantitative estimate of drug-likeness (QED) is 0.304. The number of aromatic nitrogens is 3. The Labute approximate surface area is 199 Å². The first-order valence-corrected chi connectivity index (χ1v) is 11.7. The van der Waals surface area contributed by atoms with E-state index in [1.165, 1.54) is 11.0 Å². The van der Waals surface area contributed by atoms with Crippen LogP contribution in [-0.4, -0.2) is 40.2 Å². The normalized spacial score (nSPS) is 11.1. The first kappa shape index (κ1) is 23.6. The van der Waals surface area contributed by atoms with Gasteiger partial charge in [-0.05, 0) is 44.5 Å². The monoisotopic (exact) mass is 486 g/mol. The third kappa shape index (κ3) is 5.17. The van der Waals surface area contributed by atoms with E-state index in [2.05, 4.69) is 9.97 Å². The molecule has 0 aliphatic rings. The highest BCUT2D eigenvalue weighted by Crippen LogP contribution is 2.34. The molecule has 0 aliphatic carbocycles. The Hall–Kier alpha value is -3.53. The van der Waals surface area contributed by atoms with Crippen molar-refractivity contribution in [1.29, 1.82) is 0 Å². The number of amides is 1. The van der Waals surface area contributed by atoms with Crippen LogP contribution in [0.2, 0.25) is 0 Å². The maximum atomic E-state index is 14.3. The van der Waals surface area contributed by atoms with Crippen molar-refractivity contribution in [2.24, 2.45) is 0 Å². The Morgan fingerprint density at radius 3 is 2.65 bits per heavy atom. The Morgan fingerprint density at radius 1 is 1.12 bits per heavy atom. The summed E-state index contributed by atoms with van der Waals surface area (Å²) in [5.74, 6) is -0.764. The number of rotatable bonds is 10. The number of imidazole rings is 1. The number of carbonyl (C=O) groups excluding carboxylic acids is 1. The number of ether oxygens (including phenoxy) is 2. The second-order valence-corrected chi connectivity index (χ2v) is 8.38. The molecule has 0 radical (unpaired) electrons. The number of benzene rings is 2. The highest BCUT2D eigenvalue weighted by atomic mass is 32.1. The van der Waals surface area contributed by atoms with Gasteiger partial charge < -0.3 is 14.0 Å². The average molecular weight is 487 g/mol. The molecule has 7 nitrogen and oxygen atoms in total. The van der Waals surface area contributed by atoms with Crippen molar-refractivity contribution >= 4 is 32.6 Å². The fraction of sp³-hybridized carbons (Fsp3) is 0.292. The van der Waals surface area contributed by atoms with Gasteiger partial charge in [0.15, 0.2) is 22.4 Å². The highest BCUT2D eigenvalue weighted by Gasteiger charge is 2.23. The summed E-state index contributed by atoms with van der Waals surface area (Å²) >= 11 is 1.07. The van der Waals surface area contributed by atoms with Crippen molar-refractivity contribution in [1.82, 2.24) is 14.5 Å². The summed E-state index contributed by atoms with van der Waals surface area (Å²) in [5, 5.41) is 0.293. The Kier molecular flexibility index (Phi) is 7.36. The van der Waals surface area contributed by atoms with E-state index in [1.807, 2.05) is 24.6 Å². The number of thiazole rings is 1. The second kappa shape index (κ2) is 10.6. The summed E-state index contributed by atoms with van der Waals surface area (Å²) in [4.78, 5) is 23.4. The molecular weight excluding hydrogens is 462 g/mol. The van der Waals surface area contributed by atoms with Crippen LogP contribution in [0.25, 0.3) is 10.2 Å². The van der Waals surface area contributed by atoms with E-state index in [0.717, 1.165) is 17.4 Å². The molecule has 10 heteroatoms. The smallest absolute Gasteiger partial charge is 0.260 e. The predicted molar refractivity (Wildman–Crippen MR) is 127 cm³/mol. The van der Waals surface area contributed by atoms with E-state index in [4.69, 9.17) is 9.47 Å². The molecule has 34 heavy (non-hydrogen) atoms. The van der Waals surface area contributed by atoms with Crippen molar-refractivity contribution in [3.63, 3.8) is 0 Å². The zero-order valence-corrected chi connectivity index (χ0v) is 19.6. The Balaban J connectivity index is 1.68. The largest absolute Gasteiger partial charge is 0.490 e. The Bertz CT molecular complexity index is 1280. The molecule has 0 aliphatic heterocycles. The Morgan fingerprint density at radius 2 is 1.91 bits per heavy atom. The molecule has 1 amide bonds. The molecule has 4 aromatic rings. The van der Waals surface area contributed by atoms with Gasteiger partial charge in [0.1, 0.15) is 11.3 Å². The van der Waals surface area contributed by atoms with Crippen molar-refractivity contribution in [3.05, 3.63) is 66.3 Å². The van der Waals surface area contributed by atoms with Gasteiger partial charge in [-0.3, -0.25) is 9.69 Å². The van der Waals surface area contributed by atoms with Crippen LogP contribution < -0.4 is 14.4 Å². The third-order valence-corrected chi connectivity index (χ3v) is 6.05. The van der Waals surface area contributed by atoms with Gasteiger partial charge in [-0.15, -0.1) is 0 Å². The molecule has 0 fully saturated rings. The van der Waals surface area contributed by atoms with Gasteiger partial charge in [0.05, 0.1) is 24.2 Å². The van der Waals surface area contributed by atoms with Crippen LogP contribution in [0.5, 0.6) is 11.5 Å². The van der Waals surface area contributed by atoms with Crippen LogP contribution in [0.4, 0.5) is 13.9 Å². The number of hydrogen-bond donors (Lipinski definition) is 0. The molecule has 2 aromatic carbocycles. The van der Waals surface area contributed by atoms with E-state index < -0.39 is 11.6 Å². The van der Waals surface area contributed by atoms with E-state index in [0.29, 0.717) is 59.6 Å². The van der Waals surface area contributed by atoms with Crippen LogP contribution >= 0.6 is 11.3 Å². The molecule has 0 bridgehead atoms. The number of fused-ring (bicyclic) bond motifs is 1. The van der Waals surface area contributed by atoms with Crippen LogP contribution in [-0.2, 0) is 6.54 Å². The minimum Gasteiger partial charge on any atom is -0.490 e. The summed E-state index contributed by atoms with van der Waals surface area (Å²) in [6.45, 7) is 5.53. The van der Waals surface area contributed by atoms with Gasteiger partial charge >= 0.3 is 0 Å². The summed E-state index contributed by atoms with van der Waals surface area (Å²) in [6.07, 6.45) is 5.82. The number of hydrogen-bond acceptors (Lipinski definition) is 6. The lowest BCUT2D eigenvalue weighted by Gasteiger charge is -2.21. The van der Waals surface area contributed by atoms with Gasteiger partial charge in [0, 0.05) is 37.1 Å². The molecule has 0 atom stereocenters. The standard InChI is InChI=1S/C24H24F2N4O3S/c1-3-32-19-7-6-16(12-20(19)33-4-2)23(31)30(10-5-9-29-11-8-27-15-29)24-28-22-18(26)13-17(25)14-21(22)34-24/h6-8,11-15H,3-5,9-10H2,1-2H3. The van der Waals surface area contributed by atoms with Gasteiger partial charge in [-0.25, -0.2) is 18.7 Å². The van der Waals surface area contributed by atoms with Gasteiger partial charge in [-0.2, -0.15) is 0 Å². The summed E-state index contributed by atoms with van der Waals surface area (Å²) in [7, 11) is 0. The SMILES string of the molecule is CCOc1ccc(C(=O)N(CCCn2ccnc2)c2nc3c(F)cc(F)cc3s2)cc1OCC. The van der Waals surface area contributed by atoms with Gasteiger partial charge in [-0.1, -0.05) is 11.3 Å². The van der Waals surface area contributed by atoms with E-state index in [1.54, 1.807) is 30.7 Å². The van der Waals surface area contributed by atoms with Crippen LogP contribution in [0, 0.1) is 11.6 Å². The molecular formula is C24H24F2N4O3S. The zero-order chi connectivity index (χ0) is 24.1. The molecule has 0 saturated carbocycles. The number of nitrogens with zero attached hydrogens (tertiary/aromatic N) is 4. The van der Waals surface area contributed by atoms with Crippen LogP contribution in [0.15, 0.2) is 49.1 Å². The van der Waals surface area contributed by atoms with Crippen molar-refractivity contribution in [3.8, 4) is 11.5 Å². The number of anilines is 1. The van der Waals surface area contributed by atoms with Crippen LogP contribution in [0.1, 0.15) is 30.6 Å². The van der Waals surface area contributed by atoms with E-state index >= 15 is 0 Å². The first-order valence-electron chi connectivity index (χ1n) is 10.9. The molecule has 4 rings (SSSR count). The number of aryl methyl sites for hydroxylation is 1. The van der Waals surface area contributed by atoms with Crippen LogP contribution in [0.3, 0.4) is 0 Å². The third-order valence-electron chi connectivity index (χ3n) is 5.03. The van der Waals surface area contributed by atoms with Crippen molar-refractivity contribution in [2.45, 2.75) is 26.8 Å². The van der Waals surface area contributed by atoms with E-state index in [9.17, 15) is 13.6 Å². The average Bonchev–Trinajstić information content (AvgIpc) is 3.48.